The van der Waals surface area contributed by atoms with Crippen LogP contribution >= 0.6 is 0 Å². The number of methoxy groups -OCH3 is 1. The quantitative estimate of drug-likeness (QED) is 0.456. The minimum absolute atomic E-state index is 0.112. The first-order chi connectivity index (χ1) is 8.01. The molecule has 0 aliphatic heterocycles. The second-order valence-corrected chi connectivity index (χ2v) is 3.30. The number of carbonyl (C=O) groups excluding carboxylic acids is 1. The molecule has 0 fully saturated rings. The van der Waals surface area contributed by atoms with Gasteiger partial charge in [-0.3, -0.25) is 10.1 Å². The van der Waals surface area contributed by atoms with Crippen molar-refractivity contribution >= 4 is 11.7 Å². The number of benzene rings is 1. The molecule has 0 bridgehead atoms. The minimum Gasteiger partial charge on any atom is -0.496 e. The van der Waals surface area contributed by atoms with Gasteiger partial charge in [-0.15, -0.1) is 0 Å². The van der Waals surface area contributed by atoms with Crippen LogP contribution in [0.3, 0.4) is 0 Å². The van der Waals surface area contributed by atoms with Gasteiger partial charge in [0.05, 0.1) is 29.8 Å². The van der Waals surface area contributed by atoms with Crippen LogP contribution in [0.15, 0.2) is 12.1 Å². The number of rotatable bonds is 4. The molecule has 0 amide bonds. The lowest BCUT2D eigenvalue weighted by Gasteiger charge is -2.08. The second-order valence-electron chi connectivity index (χ2n) is 3.30. The number of hydrogen-bond donors (Lipinski definition) is 0. The maximum Gasteiger partial charge on any atom is 0.338 e. The highest BCUT2D eigenvalue weighted by Crippen LogP contribution is 2.29. The number of nitrogens with zero attached hydrogens (tertiary/aromatic N) is 1. The summed E-state index contributed by atoms with van der Waals surface area (Å²) in [5.41, 5.74) is 0.332. The van der Waals surface area contributed by atoms with Gasteiger partial charge in [-0.2, -0.15) is 0 Å². The Morgan fingerprint density at radius 3 is 2.59 bits per heavy atom. The van der Waals surface area contributed by atoms with Crippen LogP contribution in [-0.4, -0.2) is 24.6 Å². The fraction of sp³-hybridized carbons (Fsp3) is 0.364. The van der Waals surface area contributed by atoms with Crippen LogP contribution in [0.4, 0.5) is 5.69 Å². The van der Waals surface area contributed by atoms with Gasteiger partial charge in [0, 0.05) is 6.07 Å². The van der Waals surface area contributed by atoms with E-state index >= 15 is 0 Å². The largest absolute Gasteiger partial charge is 0.496 e. The molecule has 6 nitrogen and oxygen atoms in total. The number of nitro groups is 1. The molecule has 0 aromatic heterocycles. The molecule has 17 heavy (non-hydrogen) atoms. The molecule has 0 saturated carbocycles. The van der Waals surface area contributed by atoms with Gasteiger partial charge >= 0.3 is 5.97 Å². The molecule has 6 heteroatoms. The van der Waals surface area contributed by atoms with E-state index < -0.39 is 10.9 Å². The lowest BCUT2D eigenvalue weighted by atomic mass is 10.1. The van der Waals surface area contributed by atoms with Crippen molar-refractivity contribution in [3.63, 3.8) is 0 Å². The molecule has 1 aromatic rings. The van der Waals surface area contributed by atoms with Crippen molar-refractivity contribution in [1.82, 2.24) is 0 Å². The van der Waals surface area contributed by atoms with Crippen LogP contribution in [0.2, 0.25) is 0 Å². The molecule has 0 heterocycles. The standard InChI is InChI=1S/C11H13NO5/c1-4-17-11(13)8-5-9(12(14)15)7(2)10(6-8)16-3/h5-6H,4H2,1-3H3. The first kappa shape index (κ1) is 13.0. The van der Waals surface area contributed by atoms with Gasteiger partial charge in [0.2, 0.25) is 0 Å². The Hall–Kier alpha value is -2.11. The SMILES string of the molecule is CCOC(=O)c1cc(OC)c(C)c([N+](=O)[O-])c1. The Morgan fingerprint density at radius 2 is 2.12 bits per heavy atom. The predicted molar refractivity (Wildman–Crippen MR) is 60.3 cm³/mol. The Labute approximate surface area is 98.3 Å². The molecule has 0 N–H and O–H groups in total. The summed E-state index contributed by atoms with van der Waals surface area (Å²) in [6.07, 6.45) is 0. The van der Waals surface area contributed by atoms with Crippen molar-refractivity contribution in [1.29, 1.82) is 0 Å². The minimum atomic E-state index is -0.603. The van der Waals surface area contributed by atoms with Crippen LogP contribution < -0.4 is 4.74 Å². The normalized spacial score (nSPS) is 9.82. The first-order valence-corrected chi connectivity index (χ1v) is 5.01. The zero-order valence-electron chi connectivity index (χ0n) is 9.85. The van der Waals surface area contributed by atoms with Gasteiger partial charge in [-0.05, 0) is 19.9 Å². The summed E-state index contributed by atoms with van der Waals surface area (Å²) < 4.78 is 9.78. The molecule has 0 aliphatic carbocycles. The highest BCUT2D eigenvalue weighted by Gasteiger charge is 2.20. The number of carbonyl (C=O) groups is 1. The van der Waals surface area contributed by atoms with Gasteiger partial charge < -0.3 is 9.47 Å². The summed E-state index contributed by atoms with van der Waals surface area (Å²) in [6, 6.07) is 2.62. The Balaban J connectivity index is 3.29. The van der Waals surface area contributed by atoms with E-state index in [2.05, 4.69) is 0 Å². The van der Waals surface area contributed by atoms with E-state index in [-0.39, 0.29) is 17.9 Å². The lowest BCUT2D eigenvalue weighted by Crippen LogP contribution is -2.07. The Bertz CT molecular complexity index is 455. The zero-order valence-corrected chi connectivity index (χ0v) is 9.85. The highest BCUT2D eigenvalue weighted by atomic mass is 16.6. The third-order valence-corrected chi connectivity index (χ3v) is 2.26. The fourth-order valence-corrected chi connectivity index (χ4v) is 1.41. The van der Waals surface area contributed by atoms with E-state index in [9.17, 15) is 14.9 Å². The molecule has 1 aromatic carbocycles. The highest BCUT2D eigenvalue weighted by molar-refractivity contribution is 5.91. The number of nitro benzene ring substituents is 1. The van der Waals surface area contributed by atoms with Gasteiger partial charge in [0.15, 0.2) is 0 Å². The van der Waals surface area contributed by atoms with Crippen LogP contribution in [-0.2, 0) is 4.74 Å². The maximum atomic E-state index is 11.5. The summed E-state index contributed by atoms with van der Waals surface area (Å²) >= 11 is 0. The summed E-state index contributed by atoms with van der Waals surface area (Å²) in [5, 5.41) is 10.8. The molecular formula is C11H13NO5. The van der Waals surface area contributed by atoms with E-state index in [0.717, 1.165) is 0 Å². The summed E-state index contributed by atoms with van der Waals surface area (Å²) in [5.74, 6) is -0.309. The summed E-state index contributed by atoms with van der Waals surface area (Å²) in [6.45, 7) is 3.44. The van der Waals surface area contributed by atoms with Crippen LogP contribution in [0.1, 0.15) is 22.8 Å². The molecular weight excluding hydrogens is 226 g/mol. The van der Waals surface area contributed by atoms with Crippen molar-refractivity contribution in [2.45, 2.75) is 13.8 Å². The van der Waals surface area contributed by atoms with Gasteiger partial charge in [0.25, 0.3) is 5.69 Å². The fourth-order valence-electron chi connectivity index (χ4n) is 1.41. The number of esters is 1. The zero-order chi connectivity index (χ0) is 13.0. The van der Waals surface area contributed by atoms with Crippen molar-refractivity contribution in [3.8, 4) is 5.75 Å². The molecule has 92 valence electrons. The van der Waals surface area contributed by atoms with Crippen LogP contribution in [0.5, 0.6) is 5.75 Å². The molecule has 0 unspecified atom stereocenters. The third kappa shape index (κ3) is 2.72. The molecule has 0 spiro atoms. The number of hydrogen-bond acceptors (Lipinski definition) is 5. The number of ether oxygens (including phenoxy) is 2. The van der Waals surface area contributed by atoms with E-state index in [1.54, 1.807) is 13.8 Å². The van der Waals surface area contributed by atoms with E-state index in [1.165, 1.54) is 19.2 Å². The molecule has 0 aliphatic rings. The molecule has 0 saturated heterocycles. The average Bonchev–Trinajstić information content (AvgIpc) is 2.29. The first-order valence-electron chi connectivity index (χ1n) is 5.01. The van der Waals surface area contributed by atoms with Crippen molar-refractivity contribution in [3.05, 3.63) is 33.4 Å². The monoisotopic (exact) mass is 239 g/mol. The van der Waals surface area contributed by atoms with E-state index in [1.807, 2.05) is 0 Å². The molecule has 1 rings (SSSR count). The van der Waals surface area contributed by atoms with Gasteiger partial charge in [0.1, 0.15) is 5.75 Å². The van der Waals surface area contributed by atoms with E-state index in [0.29, 0.717) is 11.3 Å². The van der Waals surface area contributed by atoms with Crippen molar-refractivity contribution in [2.24, 2.45) is 0 Å². The second kappa shape index (κ2) is 5.29. The van der Waals surface area contributed by atoms with Crippen LogP contribution in [0.25, 0.3) is 0 Å². The van der Waals surface area contributed by atoms with Crippen molar-refractivity contribution in [2.75, 3.05) is 13.7 Å². The topological polar surface area (TPSA) is 78.7 Å². The van der Waals surface area contributed by atoms with Crippen LogP contribution in [0, 0.1) is 17.0 Å². The Morgan fingerprint density at radius 1 is 1.47 bits per heavy atom. The third-order valence-electron chi connectivity index (χ3n) is 2.26. The summed E-state index contributed by atoms with van der Waals surface area (Å²) in [4.78, 5) is 21.8. The van der Waals surface area contributed by atoms with Gasteiger partial charge in [-0.1, -0.05) is 0 Å². The Kier molecular flexibility index (Phi) is 4.03. The van der Waals surface area contributed by atoms with Crippen molar-refractivity contribution < 1.29 is 19.2 Å². The predicted octanol–water partition coefficient (Wildman–Crippen LogP) is 2.09. The maximum absolute atomic E-state index is 11.5. The molecule has 0 radical (unpaired) electrons. The summed E-state index contributed by atoms with van der Waals surface area (Å²) in [7, 11) is 1.39. The van der Waals surface area contributed by atoms with E-state index in [4.69, 9.17) is 9.47 Å². The molecule has 0 atom stereocenters. The van der Waals surface area contributed by atoms with Gasteiger partial charge in [-0.25, -0.2) is 4.79 Å². The smallest absolute Gasteiger partial charge is 0.338 e. The lowest BCUT2D eigenvalue weighted by molar-refractivity contribution is -0.385. The average molecular weight is 239 g/mol.